The Morgan fingerprint density at radius 1 is 1.03 bits per heavy atom. The zero-order valence-electron chi connectivity index (χ0n) is 16.8. The quantitative estimate of drug-likeness (QED) is 0.478. The van der Waals surface area contributed by atoms with Crippen LogP contribution in [0.2, 0.25) is 0 Å². The van der Waals surface area contributed by atoms with Gasteiger partial charge in [0.1, 0.15) is 5.56 Å². The predicted octanol–water partition coefficient (Wildman–Crippen LogP) is 2.93. The van der Waals surface area contributed by atoms with Gasteiger partial charge in [-0.15, -0.1) is 0 Å². The number of benzene rings is 1. The largest absolute Gasteiger partial charge is 0.480 e. The normalized spacial score (nSPS) is 10.4. The van der Waals surface area contributed by atoms with Gasteiger partial charge in [-0.3, -0.25) is 19.7 Å². The van der Waals surface area contributed by atoms with Crippen molar-refractivity contribution in [2.45, 2.75) is 13.8 Å². The number of nitrogens with zero attached hydrogens (tertiary/aromatic N) is 2. The van der Waals surface area contributed by atoms with Gasteiger partial charge in [0.25, 0.3) is 5.91 Å². The maximum absolute atomic E-state index is 12.6. The van der Waals surface area contributed by atoms with Gasteiger partial charge in [-0.05, 0) is 44.2 Å². The second kappa shape index (κ2) is 9.04. The Morgan fingerprint density at radius 2 is 1.77 bits per heavy atom. The summed E-state index contributed by atoms with van der Waals surface area (Å²) in [6.07, 6.45) is 1.49. The molecule has 0 aliphatic carbocycles. The molecule has 0 bridgehead atoms. The highest BCUT2D eigenvalue weighted by Gasteiger charge is 2.20. The average molecular weight is 407 g/mol. The van der Waals surface area contributed by atoms with Gasteiger partial charge in [-0.25, -0.2) is 9.78 Å². The molecule has 0 unspecified atom stereocenters. The van der Waals surface area contributed by atoms with Crippen LogP contribution in [0.3, 0.4) is 0 Å². The minimum atomic E-state index is -0.709. The number of rotatable bonds is 7. The van der Waals surface area contributed by atoms with Gasteiger partial charge in [0, 0.05) is 28.7 Å². The summed E-state index contributed by atoms with van der Waals surface area (Å²) in [4.78, 5) is 41.2. The van der Waals surface area contributed by atoms with Crippen molar-refractivity contribution in [2.24, 2.45) is 0 Å². The highest BCUT2D eigenvalue weighted by atomic mass is 16.5. The first-order chi connectivity index (χ1) is 14.4. The first-order valence-electron chi connectivity index (χ1n) is 9.17. The van der Waals surface area contributed by atoms with Crippen molar-refractivity contribution in [3.8, 4) is 5.88 Å². The molecule has 30 heavy (non-hydrogen) atoms. The molecule has 8 heteroatoms. The van der Waals surface area contributed by atoms with E-state index in [2.05, 4.69) is 10.4 Å². The number of carbonyl (C=O) groups is 3. The Bertz CT molecular complexity index is 1090. The first-order valence-corrected chi connectivity index (χ1v) is 9.17. The van der Waals surface area contributed by atoms with Crippen LogP contribution in [0.15, 0.2) is 54.7 Å². The molecule has 0 aliphatic rings. The van der Waals surface area contributed by atoms with E-state index in [-0.39, 0.29) is 23.1 Å². The van der Waals surface area contributed by atoms with Crippen molar-refractivity contribution in [1.82, 2.24) is 9.66 Å². The number of nitrogens with one attached hydrogen (secondary N) is 1. The molecule has 1 aromatic carbocycles. The van der Waals surface area contributed by atoms with Crippen LogP contribution in [0.4, 0.5) is 0 Å². The number of esters is 1. The molecule has 0 aliphatic heterocycles. The molecular formula is C22H21N3O5. The molecule has 2 aromatic heterocycles. The van der Waals surface area contributed by atoms with E-state index >= 15 is 0 Å². The Balaban J connectivity index is 1.70. The molecule has 0 saturated carbocycles. The molecular weight excluding hydrogens is 386 g/mol. The summed E-state index contributed by atoms with van der Waals surface area (Å²) in [5.74, 6) is -1.28. The van der Waals surface area contributed by atoms with Gasteiger partial charge in [-0.2, -0.15) is 0 Å². The lowest BCUT2D eigenvalue weighted by molar-refractivity contribution is 0.0470. The second-order valence-electron chi connectivity index (χ2n) is 6.49. The summed E-state index contributed by atoms with van der Waals surface area (Å²) in [5.41, 5.74) is 4.96. The number of Topliss-reactive ketones (excluding diaryl/α,β-unsaturated/α-hetero) is 1. The van der Waals surface area contributed by atoms with E-state index in [1.807, 2.05) is 6.07 Å². The lowest BCUT2D eigenvalue weighted by Gasteiger charge is -2.12. The standard InChI is InChI=1S/C22H21N3O5/c1-14-12-18(15(2)25(14)24-20(27)16-8-5-4-6-9-16)19(26)13-30-22(28)17-10-7-11-23-21(17)29-3/h4-12H,13H2,1-3H3,(H,24,27). The minimum absolute atomic E-state index is 0.122. The SMILES string of the molecule is COc1ncccc1C(=O)OCC(=O)c1cc(C)n(NC(=O)c2ccccc2)c1C. The van der Waals surface area contributed by atoms with Gasteiger partial charge in [0.05, 0.1) is 7.11 Å². The number of aryl methyl sites for hydroxylation is 1. The number of pyridine rings is 1. The van der Waals surface area contributed by atoms with E-state index in [4.69, 9.17) is 9.47 Å². The van der Waals surface area contributed by atoms with E-state index in [9.17, 15) is 14.4 Å². The van der Waals surface area contributed by atoms with Crippen molar-refractivity contribution < 1.29 is 23.9 Å². The van der Waals surface area contributed by atoms with Crippen molar-refractivity contribution >= 4 is 17.7 Å². The number of ketones is 1. The third-order valence-corrected chi connectivity index (χ3v) is 4.50. The van der Waals surface area contributed by atoms with Gasteiger partial charge in [0.15, 0.2) is 6.61 Å². The first kappa shape index (κ1) is 20.8. The summed E-state index contributed by atoms with van der Waals surface area (Å²) < 4.78 is 11.7. The third-order valence-electron chi connectivity index (χ3n) is 4.50. The number of methoxy groups -OCH3 is 1. The smallest absolute Gasteiger partial charge is 0.344 e. The number of amides is 1. The van der Waals surface area contributed by atoms with E-state index in [0.29, 0.717) is 22.5 Å². The Morgan fingerprint density at radius 3 is 2.47 bits per heavy atom. The summed E-state index contributed by atoms with van der Waals surface area (Å²) >= 11 is 0. The van der Waals surface area contributed by atoms with Crippen molar-refractivity contribution in [3.63, 3.8) is 0 Å². The lowest BCUT2D eigenvalue weighted by Crippen LogP contribution is -2.25. The van der Waals surface area contributed by atoms with Crippen LogP contribution >= 0.6 is 0 Å². The van der Waals surface area contributed by atoms with E-state index < -0.39 is 12.6 Å². The zero-order chi connectivity index (χ0) is 21.7. The fraction of sp³-hybridized carbons (Fsp3) is 0.182. The van der Waals surface area contributed by atoms with E-state index in [0.717, 1.165) is 0 Å². The molecule has 154 valence electrons. The Labute approximate surface area is 173 Å². The number of hydrogen-bond acceptors (Lipinski definition) is 6. The van der Waals surface area contributed by atoms with Gasteiger partial charge in [0.2, 0.25) is 11.7 Å². The van der Waals surface area contributed by atoms with Crippen molar-refractivity contribution in [3.05, 3.63) is 82.8 Å². The zero-order valence-corrected chi connectivity index (χ0v) is 16.8. The summed E-state index contributed by atoms with van der Waals surface area (Å²) in [6.45, 7) is 3.02. The fourth-order valence-electron chi connectivity index (χ4n) is 2.97. The van der Waals surface area contributed by atoms with Crippen LogP contribution in [0.25, 0.3) is 0 Å². The van der Waals surface area contributed by atoms with Crippen LogP contribution in [-0.2, 0) is 4.74 Å². The Hall–Kier alpha value is -3.94. The van der Waals surface area contributed by atoms with E-state index in [1.165, 1.54) is 24.0 Å². The molecule has 0 fully saturated rings. The van der Waals surface area contributed by atoms with Gasteiger partial charge < -0.3 is 9.47 Å². The maximum atomic E-state index is 12.6. The molecule has 0 saturated heterocycles. The summed E-state index contributed by atoms with van der Waals surface area (Å²) in [5, 5.41) is 0. The van der Waals surface area contributed by atoms with Crippen molar-refractivity contribution in [2.75, 3.05) is 19.1 Å². The van der Waals surface area contributed by atoms with Crippen molar-refractivity contribution in [1.29, 1.82) is 0 Å². The van der Waals surface area contributed by atoms with Crippen LogP contribution in [0.5, 0.6) is 5.88 Å². The number of ether oxygens (including phenoxy) is 2. The van der Waals surface area contributed by atoms with Crippen LogP contribution < -0.4 is 10.2 Å². The molecule has 1 amide bonds. The molecule has 0 radical (unpaired) electrons. The molecule has 2 heterocycles. The highest BCUT2D eigenvalue weighted by Crippen LogP contribution is 2.17. The Kier molecular flexibility index (Phi) is 6.26. The lowest BCUT2D eigenvalue weighted by atomic mass is 10.1. The number of aromatic nitrogens is 2. The molecule has 3 aromatic rings. The molecule has 0 spiro atoms. The highest BCUT2D eigenvalue weighted by molar-refractivity contribution is 6.02. The van der Waals surface area contributed by atoms with Gasteiger partial charge in [-0.1, -0.05) is 18.2 Å². The monoisotopic (exact) mass is 407 g/mol. The summed E-state index contributed by atoms with van der Waals surface area (Å²) in [7, 11) is 1.39. The molecule has 8 nitrogen and oxygen atoms in total. The predicted molar refractivity (Wildman–Crippen MR) is 109 cm³/mol. The molecule has 0 atom stereocenters. The van der Waals surface area contributed by atoms with Gasteiger partial charge >= 0.3 is 5.97 Å². The maximum Gasteiger partial charge on any atom is 0.344 e. The number of hydrogen-bond donors (Lipinski definition) is 1. The second-order valence-corrected chi connectivity index (χ2v) is 6.49. The van der Waals surface area contributed by atoms with Crippen LogP contribution in [-0.4, -0.2) is 41.0 Å². The topological polar surface area (TPSA) is 99.5 Å². The third kappa shape index (κ3) is 4.38. The minimum Gasteiger partial charge on any atom is -0.480 e. The fourth-order valence-corrected chi connectivity index (χ4v) is 2.97. The van der Waals surface area contributed by atoms with Crippen LogP contribution in [0, 0.1) is 13.8 Å². The van der Waals surface area contributed by atoms with E-state index in [1.54, 1.807) is 50.2 Å². The average Bonchev–Trinajstić information content (AvgIpc) is 3.06. The number of carbonyl (C=O) groups excluding carboxylic acids is 3. The van der Waals surface area contributed by atoms with Crippen LogP contribution in [0.1, 0.15) is 42.5 Å². The summed E-state index contributed by atoms with van der Waals surface area (Å²) in [6, 6.07) is 13.5. The molecule has 3 rings (SSSR count). The molecule has 1 N–H and O–H groups in total.